The van der Waals surface area contributed by atoms with Gasteiger partial charge in [0.05, 0.1) is 8.07 Å². The molecule has 0 N–H and O–H groups in total. The van der Waals surface area contributed by atoms with Crippen LogP contribution in [-0.4, -0.2) is 20.0 Å². The first-order valence-electron chi connectivity index (χ1n) is 4.84. The molecule has 0 aliphatic rings. The summed E-state index contributed by atoms with van der Waals surface area (Å²) in [4.78, 5) is 11.0. The lowest BCUT2D eigenvalue weighted by atomic mass is 10.1. The molecule has 16 heavy (non-hydrogen) atoms. The molecule has 1 nitrogen and oxygen atoms in total. The molecule has 0 spiro atoms. The number of alkyl halides is 3. The fourth-order valence-electron chi connectivity index (χ4n) is 1.29. The van der Waals surface area contributed by atoms with E-state index < -0.39 is 20.0 Å². The normalized spacial score (nSPS) is 12.6. The van der Waals surface area contributed by atoms with Gasteiger partial charge in [0.2, 0.25) is 0 Å². The van der Waals surface area contributed by atoms with Crippen molar-refractivity contribution in [1.82, 2.24) is 0 Å². The van der Waals surface area contributed by atoms with Crippen LogP contribution in [0.2, 0.25) is 19.6 Å². The monoisotopic (exact) mass is 246 g/mol. The van der Waals surface area contributed by atoms with Crippen LogP contribution in [0.1, 0.15) is 10.4 Å². The van der Waals surface area contributed by atoms with Crippen LogP contribution in [0.4, 0.5) is 13.2 Å². The van der Waals surface area contributed by atoms with E-state index in [1.165, 1.54) is 18.2 Å². The number of hydrogen-bond donors (Lipinski definition) is 0. The summed E-state index contributed by atoms with van der Waals surface area (Å²) in [5, 5.41) is 0.850. The lowest BCUT2D eigenvalue weighted by molar-refractivity contribution is -0.0885. The van der Waals surface area contributed by atoms with Crippen LogP contribution in [0.15, 0.2) is 24.3 Å². The van der Waals surface area contributed by atoms with Crippen molar-refractivity contribution in [2.24, 2.45) is 0 Å². The van der Waals surface area contributed by atoms with Crippen LogP contribution in [0.3, 0.4) is 0 Å². The number of carbonyl (C=O) groups excluding carboxylic acids is 1. The van der Waals surface area contributed by atoms with Crippen molar-refractivity contribution < 1.29 is 18.0 Å². The van der Waals surface area contributed by atoms with Crippen LogP contribution in [-0.2, 0) is 0 Å². The molecular weight excluding hydrogens is 233 g/mol. The number of ketones is 1. The molecule has 0 unspecified atom stereocenters. The highest BCUT2D eigenvalue weighted by molar-refractivity contribution is 6.88. The maximum atomic E-state index is 12.2. The molecule has 0 aliphatic carbocycles. The molecule has 0 radical (unpaired) electrons. The predicted octanol–water partition coefficient (Wildman–Crippen LogP) is 2.98. The van der Waals surface area contributed by atoms with Crippen molar-refractivity contribution in [3.8, 4) is 0 Å². The lowest BCUT2D eigenvalue weighted by Crippen LogP contribution is -2.38. The molecule has 0 bridgehead atoms. The van der Waals surface area contributed by atoms with E-state index in [2.05, 4.69) is 0 Å². The summed E-state index contributed by atoms with van der Waals surface area (Å²) in [6, 6.07) is 5.85. The Kier molecular flexibility index (Phi) is 3.28. The lowest BCUT2D eigenvalue weighted by Gasteiger charge is -2.17. The first-order chi connectivity index (χ1) is 7.12. The van der Waals surface area contributed by atoms with E-state index in [0.29, 0.717) is 0 Å². The molecule has 0 saturated carbocycles. The highest BCUT2D eigenvalue weighted by Gasteiger charge is 2.39. The Labute approximate surface area is 93.3 Å². The maximum Gasteiger partial charge on any atom is 0.454 e. The number of hydrogen-bond acceptors (Lipinski definition) is 1. The summed E-state index contributed by atoms with van der Waals surface area (Å²) in [5.41, 5.74) is -0.271. The van der Waals surface area contributed by atoms with E-state index in [1.807, 2.05) is 19.6 Å². The van der Waals surface area contributed by atoms with Gasteiger partial charge < -0.3 is 0 Å². The van der Waals surface area contributed by atoms with Gasteiger partial charge in [0.25, 0.3) is 5.78 Å². The second-order valence-electron chi connectivity index (χ2n) is 4.66. The van der Waals surface area contributed by atoms with E-state index >= 15 is 0 Å². The van der Waals surface area contributed by atoms with Gasteiger partial charge >= 0.3 is 6.18 Å². The molecule has 0 aromatic heterocycles. The predicted molar refractivity (Wildman–Crippen MR) is 59.8 cm³/mol. The van der Waals surface area contributed by atoms with Crippen molar-refractivity contribution in [1.29, 1.82) is 0 Å². The van der Waals surface area contributed by atoms with Crippen molar-refractivity contribution in [3.63, 3.8) is 0 Å². The second kappa shape index (κ2) is 4.05. The Morgan fingerprint density at radius 3 is 2.19 bits per heavy atom. The highest BCUT2D eigenvalue weighted by atomic mass is 28.3. The summed E-state index contributed by atoms with van der Waals surface area (Å²) in [6.45, 7) is 6.05. The molecule has 1 aromatic carbocycles. The van der Waals surface area contributed by atoms with Gasteiger partial charge in [-0.05, 0) is 0 Å². The topological polar surface area (TPSA) is 17.1 Å². The van der Waals surface area contributed by atoms with Gasteiger partial charge in [-0.15, -0.1) is 0 Å². The fourth-order valence-corrected chi connectivity index (χ4v) is 2.48. The molecule has 88 valence electrons. The van der Waals surface area contributed by atoms with Gasteiger partial charge in [-0.3, -0.25) is 4.79 Å². The average Bonchev–Trinajstić information content (AvgIpc) is 2.14. The van der Waals surface area contributed by atoms with E-state index in [4.69, 9.17) is 0 Å². The SMILES string of the molecule is C[Si](C)(C)c1cccc(C(=O)C(F)(F)F)c1. The average molecular weight is 246 g/mol. The molecule has 0 heterocycles. The number of rotatable bonds is 2. The van der Waals surface area contributed by atoms with Gasteiger partial charge in [-0.25, -0.2) is 0 Å². The van der Waals surface area contributed by atoms with Crippen molar-refractivity contribution in [2.75, 3.05) is 0 Å². The second-order valence-corrected chi connectivity index (χ2v) is 9.74. The number of Topliss-reactive ketones (excluding diaryl/α,β-unsaturated/α-hetero) is 1. The third-order valence-corrected chi connectivity index (χ3v) is 4.29. The van der Waals surface area contributed by atoms with Gasteiger partial charge in [-0.2, -0.15) is 13.2 Å². The van der Waals surface area contributed by atoms with E-state index in [1.54, 1.807) is 6.07 Å². The Bertz CT molecular complexity index is 404. The van der Waals surface area contributed by atoms with Crippen LogP contribution >= 0.6 is 0 Å². The summed E-state index contributed by atoms with van der Waals surface area (Å²) in [5.74, 6) is -1.77. The Morgan fingerprint density at radius 2 is 1.75 bits per heavy atom. The third kappa shape index (κ3) is 2.94. The van der Waals surface area contributed by atoms with Crippen molar-refractivity contribution in [2.45, 2.75) is 25.8 Å². The molecule has 0 saturated heterocycles. The Hall–Kier alpha value is -1.10. The van der Waals surface area contributed by atoms with Crippen LogP contribution in [0.5, 0.6) is 0 Å². The van der Waals surface area contributed by atoms with Crippen LogP contribution < -0.4 is 5.19 Å². The fraction of sp³-hybridized carbons (Fsp3) is 0.364. The zero-order valence-electron chi connectivity index (χ0n) is 9.35. The minimum absolute atomic E-state index is 0.271. The van der Waals surface area contributed by atoms with Crippen molar-refractivity contribution in [3.05, 3.63) is 29.8 Å². The number of benzene rings is 1. The largest absolute Gasteiger partial charge is 0.454 e. The molecular formula is C11H13F3OSi. The zero-order chi connectivity index (χ0) is 12.6. The molecule has 0 aliphatic heterocycles. The quantitative estimate of drug-likeness (QED) is 0.579. The molecule has 0 atom stereocenters. The Balaban J connectivity index is 3.14. The molecule has 1 rings (SSSR count). The smallest absolute Gasteiger partial charge is 0.284 e. The molecule has 0 amide bonds. The minimum atomic E-state index is -4.79. The summed E-state index contributed by atoms with van der Waals surface area (Å²) in [7, 11) is -1.69. The van der Waals surface area contributed by atoms with E-state index in [9.17, 15) is 18.0 Å². The molecule has 0 fully saturated rings. The number of carbonyl (C=O) groups is 1. The summed E-state index contributed by atoms with van der Waals surface area (Å²) in [6.07, 6.45) is -4.79. The van der Waals surface area contributed by atoms with Gasteiger partial charge in [0.15, 0.2) is 0 Å². The van der Waals surface area contributed by atoms with Crippen LogP contribution in [0, 0.1) is 0 Å². The van der Waals surface area contributed by atoms with E-state index in [-0.39, 0.29) is 5.56 Å². The first-order valence-corrected chi connectivity index (χ1v) is 8.34. The molecule has 1 aromatic rings. The Morgan fingerprint density at radius 1 is 1.19 bits per heavy atom. The van der Waals surface area contributed by atoms with Gasteiger partial charge in [-0.1, -0.05) is 49.1 Å². The van der Waals surface area contributed by atoms with Crippen molar-refractivity contribution >= 4 is 19.0 Å². The standard InChI is InChI=1S/C11H13F3OSi/c1-16(2,3)9-6-4-5-8(7-9)10(15)11(12,13)14/h4-7H,1-3H3. The summed E-state index contributed by atoms with van der Waals surface area (Å²) < 4.78 is 36.7. The van der Waals surface area contributed by atoms with Gasteiger partial charge in [0.1, 0.15) is 0 Å². The summed E-state index contributed by atoms with van der Waals surface area (Å²) >= 11 is 0. The zero-order valence-corrected chi connectivity index (χ0v) is 10.4. The number of halogens is 3. The van der Waals surface area contributed by atoms with Gasteiger partial charge in [0, 0.05) is 5.56 Å². The minimum Gasteiger partial charge on any atom is -0.284 e. The van der Waals surface area contributed by atoms with Crippen LogP contribution in [0.25, 0.3) is 0 Å². The third-order valence-electron chi connectivity index (χ3n) is 2.25. The highest BCUT2D eigenvalue weighted by Crippen LogP contribution is 2.21. The van der Waals surface area contributed by atoms with E-state index in [0.717, 1.165) is 5.19 Å². The first kappa shape index (κ1) is 13.0. The molecule has 5 heteroatoms. The maximum absolute atomic E-state index is 12.2.